The van der Waals surface area contributed by atoms with E-state index in [-0.39, 0.29) is 12.5 Å². The van der Waals surface area contributed by atoms with E-state index in [2.05, 4.69) is 10.6 Å². The Kier molecular flexibility index (Phi) is 9.29. The van der Waals surface area contributed by atoms with Gasteiger partial charge >= 0.3 is 6.09 Å². The first-order chi connectivity index (χ1) is 12.7. The second-order valence-electron chi connectivity index (χ2n) is 6.64. The minimum absolute atomic E-state index is 0.107. The number of hydrogen-bond donors (Lipinski definition) is 2. The van der Waals surface area contributed by atoms with Gasteiger partial charge in [0.25, 0.3) is 5.91 Å². The number of carbonyl (C=O) groups is 3. The summed E-state index contributed by atoms with van der Waals surface area (Å²) < 4.78 is 5.17. The minimum Gasteiger partial charge on any atom is -0.445 e. The zero-order valence-electron chi connectivity index (χ0n) is 16.5. The lowest BCUT2D eigenvalue weighted by Gasteiger charge is -2.24. The Bertz CT molecular complexity index is 621. The molecule has 0 aromatic heterocycles. The van der Waals surface area contributed by atoms with Gasteiger partial charge in [0, 0.05) is 7.05 Å². The van der Waals surface area contributed by atoms with Crippen molar-refractivity contribution in [3.63, 3.8) is 0 Å². The van der Waals surface area contributed by atoms with E-state index in [1.165, 1.54) is 14.2 Å². The van der Waals surface area contributed by atoms with Gasteiger partial charge in [-0.3, -0.25) is 14.4 Å². The van der Waals surface area contributed by atoms with Crippen molar-refractivity contribution < 1.29 is 24.0 Å². The molecule has 0 bridgehead atoms. The lowest BCUT2D eigenvalue weighted by atomic mass is 10.0. The molecule has 2 atom stereocenters. The number of nitrogens with one attached hydrogen (secondary N) is 2. The van der Waals surface area contributed by atoms with Crippen LogP contribution in [0.4, 0.5) is 4.79 Å². The summed E-state index contributed by atoms with van der Waals surface area (Å²) in [6, 6.07) is 7.64. The van der Waals surface area contributed by atoms with Crippen LogP contribution in [0.3, 0.4) is 0 Å². The smallest absolute Gasteiger partial charge is 0.408 e. The summed E-state index contributed by atoms with van der Waals surface area (Å²) in [5.74, 6) is -0.700. The van der Waals surface area contributed by atoms with Crippen LogP contribution in [0, 0.1) is 5.92 Å². The molecule has 0 heterocycles. The molecule has 27 heavy (non-hydrogen) atoms. The van der Waals surface area contributed by atoms with Crippen molar-refractivity contribution in [3.8, 4) is 0 Å². The molecule has 0 fully saturated rings. The average Bonchev–Trinajstić information content (AvgIpc) is 2.64. The van der Waals surface area contributed by atoms with Crippen LogP contribution < -0.4 is 10.6 Å². The summed E-state index contributed by atoms with van der Waals surface area (Å²) >= 11 is 0. The van der Waals surface area contributed by atoms with Gasteiger partial charge in [-0.2, -0.15) is 0 Å². The zero-order chi connectivity index (χ0) is 20.4. The number of benzene rings is 1. The van der Waals surface area contributed by atoms with Crippen molar-refractivity contribution in [2.24, 2.45) is 5.92 Å². The number of hydroxylamine groups is 2. The van der Waals surface area contributed by atoms with Gasteiger partial charge in [0.05, 0.1) is 7.11 Å². The van der Waals surface area contributed by atoms with Gasteiger partial charge in [0.1, 0.15) is 18.7 Å². The standard InChI is InChI=1S/C19H29N3O5/c1-13(2)11-16(17(23)20-14(3)18(24)22(4)26-5)21-19(25)27-12-15-9-7-6-8-10-15/h6-10,13-14,16H,11-12H2,1-5H3,(H,20,23)(H,21,25)/t14-,16+/m1/s1. The van der Waals surface area contributed by atoms with Gasteiger partial charge in [-0.05, 0) is 24.8 Å². The first-order valence-electron chi connectivity index (χ1n) is 8.83. The first kappa shape index (κ1) is 22.4. The molecule has 0 radical (unpaired) electrons. The normalized spacial score (nSPS) is 12.8. The van der Waals surface area contributed by atoms with Gasteiger partial charge in [-0.25, -0.2) is 9.86 Å². The van der Waals surface area contributed by atoms with Crippen LogP contribution in [0.15, 0.2) is 30.3 Å². The van der Waals surface area contributed by atoms with E-state index in [4.69, 9.17) is 9.57 Å². The molecule has 1 rings (SSSR count). The van der Waals surface area contributed by atoms with E-state index in [9.17, 15) is 14.4 Å². The molecule has 150 valence electrons. The summed E-state index contributed by atoms with van der Waals surface area (Å²) in [6.07, 6.45) is -0.277. The summed E-state index contributed by atoms with van der Waals surface area (Å²) in [6.45, 7) is 5.53. The van der Waals surface area contributed by atoms with Gasteiger partial charge in [0.2, 0.25) is 5.91 Å². The predicted octanol–water partition coefficient (Wildman–Crippen LogP) is 1.85. The highest BCUT2D eigenvalue weighted by Crippen LogP contribution is 2.07. The Morgan fingerprint density at radius 1 is 1.07 bits per heavy atom. The Morgan fingerprint density at radius 2 is 1.70 bits per heavy atom. The van der Waals surface area contributed by atoms with Crippen molar-refractivity contribution in [3.05, 3.63) is 35.9 Å². The SMILES string of the molecule is CON(C)C(=O)[C@@H](C)NC(=O)[C@H](CC(C)C)NC(=O)OCc1ccccc1. The third-order valence-electron chi connectivity index (χ3n) is 3.84. The molecule has 3 amide bonds. The van der Waals surface area contributed by atoms with E-state index in [0.717, 1.165) is 10.6 Å². The maximum Gasteiger partial charge on any atom is 0.408 e. The van der Waals surface area contributed by atoms with Crippen LogP contribution in [0.2, 0.25) is 0 Å². The zero-order valence-corrected chi connectivity index (χ0v) is 16.5. The number of ether oxygens (including phenoxy) is 1. The van der Waals surface area contributed by atoms with Gasteiger partial charge < -0.3 is 15.4 Å². The van der Waals surface area contributed by atoms with Gasteiger partial charge in [-0.15, -0.1) is 0 Å². The maximum absolute atomic E-state index is 12.5. The highest BCUT2D eigenvalue weighted by Gasteiger charge is 2.27. The summed E-state index contributed by atoms with van der Waals surface area (Å²) in [5.41, 5.74) is 0.847. The Hall–Kier alpha value is -2.61. The number of carbonyl (C=O) groups excluding carboxylic acids is 3. The Balaban J connectivity index is 2.63. The molecule has 0 spiro atoms. The van der Waals surface area contributed by atoms with E-state index < -0.39 is 30.0 Å². The summed E-state index contributed by atoms with van der Waals surface area (Å²) in [7, 11) is 2.81. The molecule has 1 aromatic rings. The van der Waals surface area contributed by atoms with Crippen molar-refractivity contribution >= 4 is 17.9 Å². The number of amides is 3. The lowest BCUT2D eigenvalue weighted by Crippen LogP contribution is -2.53. The number of likely N-dealkylation sites (N-methyl/N-ethyl adjacent to an activating group) is 1. The molecular weight excluding hydrogens is 350 g/mol. The van der Waals surface area contributed by atoms with Crippen molar-refractivity contribution in [2.75, 3.05) is 14.2 Å². The van der Waals surface area contributed by atoms with Crippen LogP contribution in [-0.2, 0) is 25.8 Å². The fourth-order valence-electron chi connectivity index (χ4n) is 2.35. The molecule has 0 unspecified atom stereocenters. The molecule has 2 N–H and O–H groups in total. The van der Waals surface area contributed by atoms with Crippen LogP contribution in [0.1, 0.15) is 32.8 Å². The van der Waals surface area contributed by atoms with E-state index in [1.54, 1.807) is 6.92 Å². The number of nitrogens with zero attached hydrogens (tertiary/aromatic N) is 1. The summed E-state index contributed by atoms with van der Waals surface area (Å²) in [5, 5.41) is 6.21. The molecule has 8 heteroatoms. The van der Waals surface area contributed by atoms with Crippen molar-refractivity contribution in [1.29, 1.82) is 0 Å². The molecule has 0 aliphatic carbocycles. The second-order valence-corrected chi connectivity index (χ2v) is 6.64. The van der Waals surface area contributed by atoms with E-state index in [0.29, 0.717) is 6.42 Å². The Morgan fingerprint density at radius 3 is 2.26 bits per heavy atom. The highest BCUT2D eigenvalue weighted by atomic mass is 16.7. The van der Waals surface area contributed by atoms with Crippen LogP contribution in [0.25, 0.3) is 0 Å². The third kappa shape index (κ3) is 8.08. The fourth-order valence-corrected chi connectivity index (χ4v) is 2.35. The van der Waals surface area contributed by atoms with Crippen LogP contribution in [-0.4, -0.2) is 49.2 Å². The van der Waals surface area contributed by atoms with E-state index in [1.807, 2.05) is 44.2 Å². The molecule has 0 aliphatic rings. The van der Waals surface area contributed by atoms with Gasteiger partial charge in [0.15, 0.2) is 0 Å². The first-order valence-corrected chi connectivity index (χ1v) is 8.83. The molecule has 0 aliphatic heterocycles. The van der Waals surface area contributed by atoms with Crippen LogP contribution in [0.5, 0.6) is 0 Å². The lowest BCUT2D eigenvalue weighted by molar-refractivity contribution is -0.171. The summed E-state index contributed by atoms with van der Waals surface area (Å²) in [4.78, 5) is 41.4. The fraction of sp³-hybridized carbons (Fsp3) is 0.526. The number of rotatable bonds is 9. The predicted molar refractivity (Wildman–Crippen MR) is 100 cm³/mol. The maximum atomic E-state index is 12.5. The quantitative estimate of drug-likeness (QED) is 0.638. The molecule has 0 saturated carbocycles. The number of hydrogen-bond acceptors (Lipinski definition) is 5. The average molecular weight is 379 g/mol. The van der Waals surface area contributed by atoms with Gasteiger partial charge in [-0.1, -0.05) is 44.2 Å². The van der Waals surface area contributed by atoms with E-state index >= 15 is 0 Å². The van der Waals surface area contributed by atoms with Crippen LogP contribution >= 0.6 is 0 Å². The molecule has 0 saturated heterocycles. The highest BCUT2D eigenvalue weighted by molar-refractivity contribution is 5.90. The van der Waals surface area contributed by atoms with Crippen molar-refractivity contribution in [1.82, 2.24) is 15.7 Å². The topological polar surface area (TPSA) is 97.0 Å². The number of alkyl carbamates (subject to hydrolysis) is 1. The monoisotopic (exact) mass is 379 g/mol. The largest absolute Gasteiger partial charge is 0.445 e. The third-order valence-corrected chi connectivity index (χ3v) is 3.84. The second kappa shape index (κ2) is 11.2. The molecule has 8 nitrogen and oxygen atoms in total. The molecular formula is C19H29N3O5. The molecule has 1 aromatic carbocycles. The Labute approximate surface area is 160 Å². The van der Waals surface area contributed by atoms with Crippen molar-refractivity contribution in [2.45, 2.75) is 45.9 Å². The minimum atomic E-state index is -0.809.